The molecule has 0 amide bonds. The molecule has 4 nitrogen and oxygen atoms in total. The van der Waals surface area contributed by atoms with Gasteiger partial charge < -0.3 is 10.3 Å². The topological polar surface area (TPSA) is 56.7 Å². The van der Waals surface area contributed by atoms with Crippen molar-refractivity contribution < 1.29 is 4.39 Å². The highest BCUT2D eigenvalue weighted by atomic mass is 32.1. The van der Waals surface area contributed by atoms with Crippen LogP contribution >= 0.6 is 11.3 Å². The third-order valence-corrected chi connectivity index (χ3v) is 4.08. The van der Waals surface area contributed by atoms with Gasteiger partial charge in [-0.2, -0.15) is 0 Å². The zero-order valence-corrected chi connectivity index (χ0v) is 11.2. The van der Waals surface area contributed by atoms with Gasteiger partial charge in [-0.3, -0.25) is 0 Å². The zero-order chi connectivity index (χ0) is 13.4. The fourth-order valence-electron chi connectivity index (χ4n) is 2.14. The average molecular weight is 276 g/mol. The minimum Gasteiger partial charge on any atom is -0.369 e. The monoisotopic (exact) mass is 276 g/mol. The summed E-state index contributed by atoms with van der Waals surface area (Å²) in [7, 11) is 0. The van der Waals surface area contributed by atoms with E-state index in [0.717, 1.165) is 10.5 Å². The summed E-state index contributed by atoms with van der Waals surface area (Å²) in [6, 6.07) is 4.53. The minimum absolute atomic E-state index is 0.241. The molecule has 2 N–H and O–H groups in total. The quantitative estimate of drug-likeness (QED) is 0.800. The van der Waals surface area contributed by atoms with Crippen LogP contribution < -0.4 is 5.73 Å². The van der Waals surface area contributed by atoms with E-state index >= 15 is 0 Å². The first-order valence-electron chi connectivity index (χ1n) is 5.96. The Bertz CT molecular complexity index is 705. The van der Waals surface area contributed by atoms with E-state index in [1.807, 2.05) is 9.95 Å². The molecule has 0 radical (unpaired) electrons. The molecular weight excluding hydrogens is 263 g/mol. The Hall–Kier alpha value is -1.95. The number of hydrogen-bond acceptors (Lipinski definition) is 4. The zero-order valence-electron chi connectivity index (χ0n) is 10.4. The lowest BCUT2D eigenvalue weighted by atomic mass is 10.2. The van der Waals surface area contributed by atoms with Crippen LogP contribution in [0.3, 0.4) is 0 Å². The smallest absolute Gasteiger partial charge is 0.201 e. The Balaban J connectivity index is 1.98. The van der Waals surface area contributed by atoms with Crippen molar-refractivity contribution in [1.82, 2.24) is 14.5 Å². The highest BCUT2D eigenvalue weighted by Gasteiger charge is 2.14. The maximum Gasteiger partial charge on any atom is 0.201 e. The Kier molecular flexibility index (Phi) is 2.94. The van der Waals surface area contributed by atoms with Gasteiger partial charge in [0.1, 0.15) is 5.82 Å². The maximum absolute atomic E-state index is 13.2. The van der Waals surface area contributed by atoms with Crippen LogP contribution in [0.4, 0.5) is 10.3 Å². The maximum atomic E-state index is 13.2. The van der Waals surface area contributed by atoms with Gasteiger partial charge in [-0.05, 0) is 12.1 Å². The number of hydrogen-bond donors (Lipinski definition) is 1. The number of fused-ring (bicyclic) bond motifs is 1. The van der Waals surface area contributed by atoms with E-state index in [9.17, 15) is 4.39 Å². The van der Waals surface area contributed by atoms with Crippen molar-refractivity contribution >= 4 is 28.3 Å². The average Bonchev–Trinajstić information content (AvgIpc) is 2.98. The van der Waals surface area contributed by atoms with Crippen LogP contribution in [0.2, 0.25) is 0 Å². The number of benzene rings is 1. The van der Waals surface area contributed by atoms with Crippen LogP contribution in [-0.4, -0.2) is 14.5 Å². The van der Waals surface area contributed by atoms with Gasteiger partial charge in [0.25, 0.3) is 0 Å². The number of rotatable bonds is 3. The highest BCUT2D eigenvalue weighted by Crippen LogP contribution is 2.25. The lowest BCUT2D eigenvalue weighted by Gasteiger charge is -2.11. The summed E-state index contributed by atoms with van der Waals surface area (Å²) in [5.41, 5.74) is 7.35. The number of nitrogens with zero attached hydrogens (tertiary/aromatic N) is 3. The van der Waals surface area contributed by atoms with Crippen molar-refractivity contribution in [2.45, 2.75) is 19.4 Å². The van der Waals surface area contributed by atoms with Crippen molar-refractivity contribution in [2.24, 2.45) is 0 Å². The van der Waals surface area contributed by atoms with E-state index < -0.39 is 0 Å². The van der Waals surface area contributed by atoms with Crippen LogP contribution in [0.1, 0.15) is 17.8 Å². The molecule has 0 aliphatic carbocycles. The summed E-state index contributed by atoms with van der Waals surface area (Å²) >= 11 is 1.62. The number of anilines is 1. The number of imidazole rings is 1. The molecule has 0 saturated heterocycles. The summed E-state index contributed by atoms with van der Waals surface area (Å²) in [5.74, 6) is 0.346. The number of aromatic nitrogens is 3. The summed E-state index contributed by atoms with van der Waals surface area (Å²) in [6.45, 7) is 2.77. The summed E-state index contributed by atoms with van der Waals surface area (Å²) in [5, 5.41) is 3.01. The van der Waals surface area contributed by atoms with Gasteiger partial charge in [0.15, 0.2) is 0 Å². The van der Waals surface area contributed by atoms with Gasteiger partial charge in [-0.25, -0.2) is 14.4 Å². The SMILES string of the molecule is CC(Cn1c(N)nc2cc(F)ccc21)c1nccs1. The first kappa shape index (κ1) is 12.1. The molecule has 0 fully saturated rings. The predicted molar refractivity (Wildman–Crippen MR) is 74.6 cm³/mol. The standard InChI is InChI=1S/C13H13FN4S/c1-8(12-16-4-5-19-12)7-18-11-3-2-9(14)6-10(11)17-13(18)15/h2-6,8H,7H2,1H3,(H2,15,17). The minimum atomic E-state index is -0.301. The molecule has 0 aliphatic heterocycles. The van der Waals surface area contributed by atoms with E-state index in [1.165, 1.54) is 12.1 Å². The molecule has 0 aliphatic rings. The molecule has 0 saturated carbocycles. The second kappa shape index (κ2) is 4.62. The Morgan fingerprint density at radius 3 is 3.05 bits per heavy atom. The summed E-state index contributed by atoms with van der Waals surface area (Å²) in [6.07, 6.45) is 1.79. The van der Waals surface area contributed by atoms with Gasteiger partial charge in [-0.1, -0.05) is 6.92 Å². The number of halogens is 1. The van der Waals surface area contributed by atoms with E-state index in [-0.39, 0.29) is 11.7 Å². The number of nitrogens with two attached hydrogens (primary N) is 1. The molecule has 1 atom stereocenters. The highest BCUT2D eigenvalue weighted by molar-refractivity contribution is 7.09. The largest absolute Gasteiger partial charge is 0.369 e. The van der Waals surface area contributed by atoms with Crippen LogP contribution in [0.25, 0.3) is 11.0 Å². The van der Waals surface area contributed by atoms with Crippen LogP contribution in [0.15, 0.2) is 29.8 Å². The fourth-order valence-corrected chi connectivity index (χ4v) is 2.83. The van der Waals surface area contributed by atoms with Gasteiger partial charge >= 0.3 is 0 Å². The Morgan fingerprint density at radius 2 is 2.32 bits per heavy atom. The molecule has 1 unspecified atom stereocenters. The van der Waals surface area contributed by atoms with E-state index in [0.29, 0.717) is 18.0 Å². The Labute approximate surface area is 113 Å². The predicted octanol–water partition coefficient (Wildman–Crippen LogP) is 3.02. The second-order valence-electron chi connectivity index (χ2n) is 4.49. The van der Waals surface area contributed by atoms with E-state index in [2.05, 4.69) is 16.9 Å². The third-order valence-electron chi connectivity index (χ3n) is 3.07. The van der Waals surface area contributed by atoms with Gasteiger partial charge in [0, 0.05) is 30.1 Å². The van der Waals surface area contributed by atoms with Crippen LogP contribution in [0, 0.1) is 5.82 Å². The first-order chi connectivity index (χ1) is 9.15. The molecule has 3 rings (SSSR count). The third kappa shape index (κ3) is 2.19. The van der Waals surface area contributed by atoms with Crippen molar-refractivity contribution in [3.8, 4) is 0 Å². The normalized spacial score (nSPS) is 12.9. The van der Waals surface area contributed by atoms with Crippen LogP contribution in [0.5, 0.6) is 0 Å². The molecule has 0 spiro atoms. The van der Waals surface area contributed by atoms with E-state index in [4.69, 9.17) is 5.73 Å². The molecule has 19 heavy (non-hydrogen) atoms. The Morgan fingerprint density at radius 1 is 1.47 bits per heavy atom. The van der Waals surface area contributed by atoms with Crippen molar-refractivity contribution in [2.75, 3.05) is 5.73 Å². The van der Waals surface area contributed by atoms with Gasteiger partial charge in [0.05, 0.1) is 16.0 Å². The van der Waals surface area contributed by atoms with Crippen molar-refractivity contribution in [1.29, 1.82) is 0 Å². The lowest BCUT2D eigenvalue weighted by Crippen LogP contribution is -2.09. The van der Waals surface area contributed by atoms with Crippen molar-refractivity contribution in [3.05, 3.63) is 40.6 Å². The fraction of sp³-hybridized carbons (Fsp3) is 0.231. The lowest BCUT2D eigenvalue weighted by molar-refractivity contribution is 0.612. The van der Waals surface area contributed by atoms with Gasteiger partial charge in [-0.15, -0.1) is 11.3 Å². The molecule has 3 aromatic rings. The first-order valence-corrected chi connectivity index (χ1v) is 6.84. The van der Waals surface area contributed by atoms with Crippen molar-refractivity contribution in [3.63, 3.8) is 0 Å². The molecule has 2 heterocycles. The molecule has 2 aromatic heterocycles. The molecule has 6 heteroatoms. The molecule has 1 aromatic carbocycles. The summed E-state index contributed by atoms with van der Waals surface area (Å²) in [4.78, 5) is 8.50. The molecule has 98 valence electrons. The van der Waals surface area contributed by atoms with E-state index in [1.54, 1.807) is 23.6 Å². The number of nitrogen functional groups attached to an aromatic ring is 1. The van der Waals surface area contributed by atoms with Gasteiger partial charge in [0.2, 0.25) is 5.95 Å². The second-order valence-corrected chi connectivity index (χ2v) is 5.41. The molecular formula is C13H13FN4S. The number of thiazole rings is 1. The summed E-state index contributed by atoms with van der Waals surface area (Å²) < 4.78 is 15.1. The van der Waals surface area contributed by atoms with Crippen LogP contribution in [-0.2, 0) is 6.54 Å². The molecule has 0 bridgehead atoms.